The molecule has 0 spiro atoms. The van der Waals surface area contributed by atoms with Crippen molar-refractivity contribution in [2.24, 2.45) is 0 Å². The zero-order valence-corrected chi connectivity index (χ0v) is 15.5. The second-order valence-corrected chi connectivity index (χ2v) is 6.72. The fourth-order valence-electron chi connectivity index (χ4n) is 2.92. The number of β-amino-alcohol motifs (C(OH)–C–C–N with tert-alkyl or cyclic N) is 1. The van der Waals surface area contributed by atoms with Crippen molar-refractivity contribution in [1.29, 1.82) is 0 Å². The maximum atomic E-state index is 11.9. The number of aliphatic hydroxyl groups excluding tert-OH is 1. The smallest absolute Gasteiger partial charge is 0.234 e. The van der Waals surface area contributed by atoms with Crippen LogP contribution in [0.25, 0.3) is 0 Å². The maximum absolute atomic E-state index is 11.9. The van der Waals surface area contributed by atoms with Gasteiger partial charge in [-0.3, -0.25) is 14.6 Å². The molecular formula is C18H28ClN3O3. The number of rotatable bonds is 9. The van der Waals surface area contributed by atoms with E-state index in [0.29, 0.717) is 31.3 Å². The number of nitrogens with one attached hydrogen (secondary N) is 1. The van der Waals surface area contributed by atoms with Crippen LogP contribution in [-0.4, -0.2) is 80.3 Å². The molecule has 1 aromatic carbocycles. The Morgan fingerprint density at radius 3 is 2.64 bits per heavy atom. The first-order chi connectivity index (χ1) is 12.1. The van der Waals surface area contributed by atoms with Crippen LogP contribution in [0.1, 0.15) is 18.1 Å². The Morgan fingerprint density at radius 1 is 1.28 bits per heavy atom. The van der Waals surface area contributed by atoms with Gasteiger partial charge < -0.3 is 15.2 Å². The first kappa shape index (κ1) is 20.1. The van der Waals surface area contributed by atoms with Crippen molar-refractivity contribution in [3.8, 4) is 0 Å². The van der Waals surface area contributed by atoms with Gasteiger partial charge in [0.1, 0.15) is 0 Å². The highest BCUT2D eigenvalue weighted by Crippen LogP contribution is 2.23. The zero-order valence-electron chi connectivity index (χ0n) is 14.8. The molecule has 25 heavy (non-hydrogen) atoms. The fourth-order valence-corrected chi connectivity index (χ4v) is 3.18. The molecule has 0 aliphatic carbocycles. The lowest BCUT2D eigenvalue weighted by atomic mass is 10.1. The molecule has 1 aliphatic heterocycles. The molecule has 1 amide bonds. The summed E-state index contributed by atoms with van der Waals surface area (Å²) >= 11 is 6.14. The van der Waals surface area contributed by atoms with Crippen LogP contribution in [0, 0.1) is 0 Å². The molecule has 0 radical (unpaired) electrons. The molecule has 6 nitrogen and oxygen atoms in total. The van der Waals surface area contributed by atoms with Crippen molar-refractivity contribution in [3.63, 3.8) is 0 Å². The van der Waals surface area contributed by atoms with Gasteiger partial charge in [-0.15, -0.1) is 0 Å². The van der Waals surface area contributed by atoms with E-state index in [4.69, 9.17) is 16.3 Å². The Morgan fingerprint density at radius 2 is 1.96 bits per heavy atom. The molecule has 1 saturated heterocycles. The second-order valence-electron chi connectivity index (χ2n) is 6.31. The van der Waals surface area contributed by atoms with E-state index in [1.54, 1.807) is 13.2 Å². The van der Waals surface area contributed by atoms with Gasteiger partial charge in [0.2, 0.25) is 5.91 Å². The van der Waals surface area contributed by atoms with E-state index in [1.807, 2.05) is 18.2 Å². The molecule has 0 aromatic heterocycles. The summed E-state index contributed by atoms with van der Waals surface area (Å²) in [6, 6.07) is 7.39. The van der Waals surface area contributed by atoms with Crippen molar-refractivity contribution in [3.05, 3.63) is 34.9 Å². The summed E-state index contributed by atoms with van der Waals surface area (Å²) in [7, 11) is 1.66. The molecule has 1 fully saturated rings. The Labute approximate surface area is 154 Å². The second kappa shape index (κ2) is 10.7. The zero-order chi connectivity index (χ0) is 18.1. The molecule has 1 atom stereocenters. The topological polar surface area (TPSA) is 65.0 Å². The summed E-state index contributed by atoms with van der Waals surface area (Å²) < 4.78 is 4.96. The van der Waals surface area contributed by atoms with Crippen LogP contribution < -0.4 is 5.32 Å². The molecule has 2 rings (SSSR count). The van der Waals surface area contributed by atoms with E-state index in [0.717, 1.165) is 38.2 Å². The van der Waals surface area contributed by atoms with Crippen LogP contribution in [0.2, 0.25) is 5.02 Å². The molecule has 2 N–H and O–H groups in total. The lowest BCUT2D eigenvalue weighted by Crippen LogP contribution is -2.50. The number of ether oxygens (including phenoxy) is 1. The number of carbonyl (C=O) groups excluding carboxylic acids is 1. The molecule has 140 valence electrons. The molecule has 7 heteroatoms. The lowest BCUT2D eigenvalue weighted by Gasteiger charge is -2.35. The summed E-state index contributed by atoms with van der Waals surface area (Å²) in [6.45, 7) is 5.59. The summed E-state index contributed by atoms with van der Waals surface area (Å²) in [5.74, 6) is 0.0562. The van der Waals surface area contributed by atoms with Gasteiger partial charge in [-0.05, 0) is 12.5 Å². The van der Waals surface area contributed by atoms with E-state index < -0.39 is 6.10 Å². The molecule has 0 saturated carbocycles. The highest BCUT2D eigenvalue weighted by molar-refractivity contribution is 6.31. The van der Waals surface area contributed by atoms with E-state index in [-0.39, 0.29) is 5.91 Å². The van der Waals surface area contributed by atoms with Crippen LogP contribution in [0.3, 0.4) is 0 Å². The van der Waals surface area contributed by atoms with E-state index in [9.17, 15) is 9.90 Å². The number of nitrogens with zero attached hydrogens (tertiary/aromatic N) is 2. The number of hydrogen-bond donors (Lipinski definition) is 2. The van der Waals surface area contributed by atoms with Gasteiger partial charge in [0, 0.05) is 63.6 Å². The number of aliphatic hydroxyl groups is 1. The monoisotopic (exact) mass is 369 g/mol. The fraction of sp³-hybridized carbons (Fsp3) is 0.611. The van der Waals surface area contributed by atoms with Crippen molar-refractivity contribution in [2.45, 2.75) is 12.5 Å². The highest BCUT2D eigenvalue weighted by Gasteiger charge is 2.22. The number of hydrogen-bond acceptors (Lipinski definition) is 5. The van der Waals surface area contributed by atoms with Crippen molar-refractivity contribution >= 4 is 17.5 Å². The maximum Gasteiger partial charge on any atom is 0.234 e. The minimum Gasteiger partial charge on any atom is -0.387 e. The van der Waals surface area contributed by atoms with Gasteiger partial charge in [-0.1, -0.05) is 29.8 Å². The molecule has 1 aliphatic rings. The minimum atomic E-state index is -0.593. The van der Waals surface area contributed by atoms with Crippen molar-refractivity contribution in [2.75, 3.05) is 59.5 Å². The lowest BCUT2D eigenvalue weighted by molar-refractivity contribution is -0.122. The number of benzene rings is 1. The van der Waals surface area contributed by atoms with Gasteiger partial charge in [-0.2, -0.15) is 0 Å². The molecule has 0 bridgehead atoms. The van der Waals surface area contributed by atoms with E-state index in [1.165, 1.54) is 0 Å². The van der Waals surface area contributed by atoms with Gasteiger partial charge in [0.25, 0.3) is 0 Å². The number of methoxy groups -OCH3 is 1. The van der Waals surface area contributed by atoms with Crippen LogP contribution in [0.4, 0.5) is 0 Å². The SMILES string of the molecule is COCCCNC(=O)CN1CCN(C[C@H](O)c2ccccc2Cl)CC1. The summed E-state index contributed by atoms with van der Waals surface area (Å²) in [6.07, 6.45) is 0.236. The number of carbonyl (C=O) groups is 1. The quantitative estimate of drug-likeness (QED) is 0.639. The Hall–Kier alpha value is -1.18. The Bertz CT molecular complexity index is 536. The molecule has 1 aromatic rings. The first-order valence-corrected chi connectivity index (χ1v) is 9.10. The Kier molecular flexibility index (Phi) is 8.64. The molecule has 0 unspecified atom stereocenters. The normalized spacial score (nSPS) is 17.4. The predicted octanol–water partition coefficient (Wildman–Crippen LogP) is 1.14. The van der Waals surface area contributed by atoms with Crippen molar-refractivity contribution < 1.29 is 14.6 Å². The number of halogens is 1. The van der Waals surface area contributed by atoms with E-state index >= 15 is 0 Å². The largest absolute Gasteiger partial charge is 0.387 e. The van der Waals surface area contributed by atoms with Gasteiger partial charge in [0.05, 0.1) is 12.6 Å². The number of amides is 1. The van der Waals surface area contributed by atoms with Gasteiger partial charge in [-0.25, -0.2) is 0 Å². The predicted molar refractivity (Wildman–Crippen MR) is 98.8 cm³/mol. The molecular weight excluding hydrogens is 342 g/mol. The number of piperazine rings is 1. The van der Waals surface area contributed by atoms with Gasteiger partial charge in [0.15, 0.2) is 0 Å². The average Bonchev–Trinajstić information content (AvgIpc) is 2.61. The summed E-state index contributed by atoms with van der Waals surface area (Å²) in [4.78, 5) is 16.2. The summed E-state index contributed by atoms with van der Waals surface area (Å²) in [5, 5.41) is 13.9. The van der Waals surface area contributed by atoms with Crippen LogP contribution >= 0.6 is 11.6 Å². The van der Waals surface area contributed by atoms with Crippen LogP contribution in [-0.2, 0) is 9.53 Å². The van der Waals surface area contributed by atoms with E-state index in [2.05, 4.69) is 15.1 Å². The minimum absolute atomic E-state index is 0.0562. The third kappa shape index (κ3) is 6.92. The van der Waals surface area contributed by atoms with Gasteiger partial charge >= 0.3 is 0 Å². The third-order valence-corrected chi connectivity index (χ3v) is 4.72. The highest BCUT2D eigenvalue weighted by atomic mass is 35.5. The third-order valence-electron chi connectivity index (χ3n) is 4.37. The average molecular weight is 370 g/mol. The Balaban J connectivity index is 1.67. The first-order valence-electron chi connectivity index (χ1n) is 8.73. The van der Waals surface area contributed by atoms with Crippen LogP contribution in [0.15, 0.2) is 24.3 Å². The summed E-state index contributed by atoms with van der Waals surface area (Å²) in [5.41, 5.74) is 0.766. The van der Waals surface area contributed by atoms with Crippen molar-refractivity contribution in [1.82, 2.24) is 15.1 Å². The standard InChI is InChI=1S/C18H28ClN3O3/c1-25-12-4-7-20-18(24)14-22-10-8-21(9-11-22)13-17(23)15-5-2-3-6-16(15)19/h2-3,5-6,17,23H,4,7-14H2,1H3,(H,20,24)/t17-/m0/s1. The van der Waals surface area contributed by atoms with Crippen LogP contribution in [0.5, 0.6) is 0 Å². The molecule has 1 heterocycles.